The topological polar surface area (TPSA) is 107 Å². The molecular formula is C18H17N5O3. The van der Waals surface area contributed by atoms with Gasteiger partial charge in [-0.25, -0.2) is 0 Å². The number of hydrogen-bond donors (Lipinski definition) is 1. The maximum absolute atomic E-state index is 11.5. The van der Waals surface area contributed by atoms with Crippen LogP contribution in [0.15, 0.2) is 47.2 Å². The molecule has 1 aliphatic rings. The van der Waals surface area contributed by atoms with Crippen molar-refractivity contribution in [1.82, 2.24) is 15.1 Å². The molecule has 0 bridgehead atoms. The lowest BCUT2D eigenvalue weighted by Gasteiger charge is -2.13. The second kappa shape index (κ2) is 6.91. The molecule has 0 spiro atoms. The molecule has 0 atom stereocenters. The molecule has 2 aromatic heterocycles. The van der Waals surface area contributed by atoms with Crippen LogP contribution in [0.4, 0.5) is 11.4 Å². The van der Waals surface area contributed by atoms with Crippen molar-refractivity contribution < 1.29 is 9.45 Å². The second-order valence-corrected chi connectivity index (χ2v) is 6.27. The molecule has 0 saturated heterocycles. The van der Waals surface area contributed by atoms with Crippen LogP contribution in [-0.4, -0.2) is 26.1 Å². The lowest BCUT2D eigenvalue weighted by atomic mass is 10.1. The van der Waals surface area contributed by atoms with E-state index in [0.29, 0.717) is 29.0 Å². The van der Waals surface area contributed by atoms with Crippen LogP contribution in [0.2, 0.25) is 0 Å². The number of aromatic nitrogens is 3. The van der Waals surface area contributed by atoms with E-state index < -0.39 is 0 Å². The monoisotopic (exact) mass is 351 g/mol. The van der Waals surface area contributed by atoms with Crippen LogP contribution in [0, 0.1) is 10.1 Å². The van der Waals surface area contributed by atoms with E-state index in [1.54, 1.807) is 36.7 Å². The summed E-state index contributed by atoms with van der Waals surface area (Å²) < 4.78 is 5.27. The summed E-state index contributed by atoms with van der Waals surface area (Å²) in [7, 11) is 0. The lowest BCUT2D eigenvalue weighted by Crippen LogP contribution is -2.15. The average molecular weight is 351 g/mol. The molecule has 8 nitrogen and oxygen atoms in total. The Bertz CT molecular complexity index is 920. The first-order valence-electron chi connectivity index (χ1n) is 8.50. The number of rotatable bonds is 5. The third-order valence-electron chi connectivity index (χ3n) is 4.52. The van der Waals surface area contributed by atoms with Crippen molar-refractivity contribution >= 4 is 11.4 Å². The van der Waals surface area contributed by atoms with Gasteiger partial charge < -0.3 is 9.84 Å². The molecule has 0 unspecified atom stereocenters. The molecule has 1 aromatic carbocycles. The normalized spacial score (nSPS) is 14.5. The fraction of sp³-hybridized carbons (Fsp3) is 0.278. The van der Waals surface area contributed by atoms with Crippen LogP contribution in [0.3, 0.4) is 0 Å². The van der Waals surface area contributed by atoms with Crippen LogP contribution in [0.1, 0.15) is 25.7 Å². The molecule has 1 fully saturated rings. The largest absolute Gasteiger partial charge is 0.377 e. The zero-order chi connectivity index (χ0) is 17.9. The van der Waals surface area contributed by atoms with Crippen LogP contribution >= 0.6 is 0 Å². The fourth-order valence-corrected chi connectivity index (χ4v) is 3.19. The zero-order valence-electron chi connectivity index (χ0n) is 14.0. The molecule has 0 aliphatic heterocycles. The molecule has 0 radical (unpaired) electrons. The van der Waals surface area contributed by atoms with Crippen molar-refractivity contribution in [3.8, 4) is 22.8 Å². The lowest BCUT2D eigenvalue weighted by molar-refractivity contribution is -0.383. The summed E-state index contributed by atoms with van der Waals surface area (Å²) in [6.07, 6.45) is 7.66. The van der Waals surface area contributed by atoms with Crippen LogP contribution in [0.5, 0.6) is 0 Å². The third-order valence-corrected chi connectivity index (χ3v) is 4.52. The van der Waals surface area contributed by atoms with Gasteiger partial charge >= 0.3 is 0 Å². The smallest absolute Gasteiger partial charge is 0.293 e. The Morgan fingerprint density at radius 1 is 1.12 bits per heavy atom. The minimum absolute atomic E-state index is 0.0182. The van der Waals surface area contributed by atoms with Crippen molar-refractivity contribution in [2.45, 2.75) is 31.7 Å². The summed E-state index contributed by atoms with van der Waals surface area (Å²) in [5, 5.41) is 18.7. The van der Waals surface area contributed by atoms with Gasteiger partial charge in [-0.1, -0.05) is 18.0 Å². The minimum atomic E-state index is -0.384. The Hall–Kier alpha value is -3.29. The average Bonchev–Trinajstić information content (AvgIpc) is 3.34. The van der Waals surface area contributed by atoms with Gasteiger partial charge in [0, 0.05) is 35.6 Å². The van der Waals surface area contributed by atoms with E-state index in [4.69, 9.17) is 4.52 Å². The molecule has 1 aliphatic carbocycles. The van der Waals surface area contributed by atoms with Gasteiger partial charge in [-0.2, -0.15) is 4.98 Å². The van der Waals surface area contributed by atoms with E-state index in [0.717, 1.165) is 31.2 Å². The SMILES string of the molecule is O=[N+]([O-])c1cc(-c2noc(-c3ccncc3)n2)ccc1NC1CCCC1. The number of nitrogens with zero attached hydrogens (tertiary/aromatic N) is 4. The molecular weight excluding hydrogens is 334 g/mol. The fourth-order valence-electron chi connectivity index (χ4n) is 3.19. The Morgan fingerprint density at radius 3 is 2.62 bits per heavy atom. The molecule has 3 aromatic rings. The van der Waals surface area contributed by atoms with E-state index in [1.165, 1.54) is 6.07 Å². The van der Waals surface area contributed by atoms with Gasteiger partial charge in [0.25, 0.3) is 11.6 Å². The Kier molecular flexibility index (Phi) is 4.30. The first-order chi connectivity index (χ1) is 12.7. The second-order valence-electron chi connectivity index (χ2n) is 6.27. The van der Waals surface area contributed by atoms with Crippen molar-refractivity contribution in [3.05, 3.63) is 52.8 Å². The summed E-state index contributed by atoms with van der Waals surface area (Å²) in [5.74, 6) is 0.658. The molecule has 8 heteroatoms. The van der Waals surface area contributed by atoms with E-state index in [9.17, 15) is 10.1 Å². The maximum atomic E-state index is 11.5. The van der Waals surface area contributed by atoms with E-state index in [-0.39, 0.29) is 10.6 Å². The highest BCUT2D eigenvalue weighted by atomic mass is 16.6. The van der Waals surface area contributed by atoms with Gasteiger partial charge in [-0.15, -0.1) is 0 Å². The van der Waals surface area contributed by atoms with Crippen molar-refractivity contribution in [3.63, 3.8) is 0 Å². The molecule has 1 N–H and O–H groups in total. The quantitative estimate of drug-likeness (QED) is 0.545. The first-order valence-corrected chi connectivity index (χ1v) is 8.50. The number of benzene rings is 1. The summed E-state index contributed by atoms with van der Waals surface area (Å²) in [4.78, 5) is 19.4. The van der Waals surface area contributed by atoms with Crippen molar-refractivity contribution in [1.29, 1.82) is 0 Å². The highest BCUT2D eigenvalue weighted by molar-refractivity contribution is 5.71. The van der Waals surface area contributed by atoms with Gasteiger partial charge in [-0.3, -0.25) is 15.1 Å². The molecule has 0 amide bonds. The van der Waals surface area contributed by atoms with Crippen molar-refractivity contribution in [2.75, 3.05) is 5.32 Å². The summed E-state index contributed by atoms with van der Waals surface area (Å²) >= 11 is 0. The molecule has 132 valence electrons. The summed E-state index contributed by atoms with van der Waals surface area (Å²) in [5.41, 5.74) is 1.83. The minimum Gasteiger partial charge on any atom is -0.377 e. The van der Waals surface area contributed by atoms with Gasteiger partial charge in [0.15, 0.2) is 0 Å². The Morgan fingerprint density at radius 2 is 1.88 bits per heavy atom. The highest BCUT2D eigenvalue weighted by Gasteiger charge is 2.22. The molecule has 2 heterocycles. The molecule has 4 rings (SSSR count). The van der Waals surface area contributed by atoms with Gasteiger partial charge in [0.1, 0.15) is 5.69 Å². The predicted molar refractivity (Wildman–Crippen MR) is 95.5 cm³/mol. The van der Waals surface area contributed by atoms with Gasteiger partial charge in [0.2, 0.25) is 5.82 Å². The standard InChI is InChI=1S/C18H17N5O3/c24-23(25)16-11-13(5-6-15(16)20-14-3-1-2-4-14)17-21-18(26-22-17)12-7-9-19-10-8-12/h5-11,14,20H,1-4H2. The molecule has 1 saturated carbocycles. The maximum Gasteiger partial charge on any atom is 0.293 e. The highest BCUT2D eigenvalue weighted by Crippen LogP contribution is 2.32. The number of nitro groups is 1. The van der Waals surface area contributed by atoms with Crippen LogP contribution in [0.25, 0.3) is 22.8 Å². The summed E-state index contributed by atoms with van der Waals surface area (Å²) in [6.45, 7) is 0. The van der Waals surface area contributed by atoms with E-state index in [2.05, 4.69) is 20.4 Å². The van der Waals surface area contributed by atoms with Crippen molar-refractivity contribution in [2.24, 2.45) is 0 Å². The molecule has 26 heavy (non-hydrogen) atoms. The number of nitrogens with one attached hydrogen (secondary N) is 1. The van der Waals surface area contributed by atoms with Gasteiger partial charge in [0.05, 0.1) is 4.92 Å². The number of pyridine rings is 1. The van der Waals surface area contributed by atoms with E-state index >= 15 is 0 Å². The third kappa shape index (κ3) is 3.26. The number of anilines is 1. The Balaban J connectivity index is 1.64. The number of hydrogen-bond acceptors (Lipinski definition) is 7. The van der Waals surface area contributed by atoms with Crippen LogP contribution < -0.4 is 5.32 Å². The predicted octanol–water partition coefficient (Wildman–Crippen LogP) is 4.06. The summed E-state index contributed by atoms with van der Waals surface area (Å²) in [6, 6.07) is 8.78. The zero-order valence-corrected chi connectivity index (χ0v) is 14.0. The number of nitro benzene ring substituents is 1. The van der Waals surface area contributed by atoms with Crippen LogP contribution in [-0.2, 0) is 0 Å². The van der Waals surface area contributed by atoms with E-state index in [1.807, 2.05) is 0 Å². The van der Waals surface area contributed by atoms with Gasteiger partial charge in [-0.05, 0) is 37.1 Å². The Labute approximate surface area is 149 Å². The first kappa shape index (κ1) is 16.2.